The highest BCUT2D eigenvalue weighted by Gasteiger charge is 2.08. The Balaban J connectivity index is 1.90. The van der Waals surface area contributed by atoms with E-state index in [0.29, 0.717) is 5.92 Å². The summed E-state index contributed by atoms with van der Waals surface area (Å²) in [4.78, 5) is 0. The second-order valence-electron chi connectivity index (χ2n) is 3.27. The maximum atomic E-state index is 5.13. The summed E-state index contributed by atoms with van der Waals surface area (Å²) in [6.45, 7) is 3.17. The van der Waals surface area contributed by atoms with Gasteiger partial charge in [0.05, 0.1) is 12.9 Å². The summed E-state index contributed by atoms with van der Waals surface area (Å²) in [5.41, 5.74) is 0. The molecule has 1 heterocycles. The van der Waals surface area contributed by atoms with Crippen molar-refractivity contribution in [1.82, 2.24) is 0 Å². The van der Waals surface area contributed by atoms with E-state index >= 15 is 0 Å². The van der Waals surface area contributed by atoms with Crippen LogP contribution in [0, 0.1) is 5.92 Å². The molecule has 1 aliphatic rings. The summed E-state index contributed by atoms with van der Waals surface area (Å²) in [6, 6.07) is 0. The normalized spacial score (nSPS) is 22.1. The Kier molecular flexibility index (Phi) is 4.10. The maximum absolute atomic E-state index is 5.13. The molecule has 0 saturated heterocycles. The first kappa shape index (κ1) is 8.63. The van der Waals surface area contributed by atoms with Crippen LogP contribution in [0.1, 0.15) is 39.0 Å². The minimum absolute atomic E-state index is 0.715. The van der Waals surface area contributed by atoms with Crippen molar-refractivity contribution in [3.63, 3.8) is 0 Å². The molecule has 1 atom stereocenters. The van der Waals surface area contributed by atoms with Gasteiger partial charge in [0, 0.05) is 5.92 Å². The van der Waals surface area contributed by atoms with E-state index < -0.39 is 0 Å². The van der Waals surface area contributed by atoms with Crippen LogP contribution in [-0.2, 0) is 4.74 Å². The van der Waals surface area contributed by atoms with E-state index in [-0.39, 0.29) is 0 Å². The molecule has 0 radical (unpaired) electrons. The lowest BCUT2D eigenvalue weighted by Gasteiger charge is -2.04. The lowest BCUT2D eigenvalue weighted by molar-refractivity contribution is 0.242. The maximum Gasteiger partial charge on any atom is 0.0936 e. The van der Waals surface area contributed by atoms with Gasteiger partial charge in [-0.05, 0) is 12.5 Å². The molecule has 1 rings (SSSR count). The third kappa shape index (κ3) is 3.45. The molecule has 0 aromatic carbocycles. The Morgan fingerprint density at radius 3 is 2.91 bits per heavy atom. The molecular weight excluding hydrogens is 136 g/mol. The number of hydrogen-bond donors (Lipinski definition) is 0. The third-order valence-electron chi connectivity index (χ3n) is 2.19. The van der Waals surface area contributed by atoms with Crippen LogP contribution in [0.15, 0.2) is 12.3 Å². The molecule has 1 heteroatoms. The average molecular weight is 154 g/mol. The van der Waals surface area contributed by atoms with Gasteiger partial charge in [-0.1, -0.05) is 32.6 Å². The van der Waals surface area contributed by atoms with E-state index in [1.54, 1.807) is 0 Å². The van der Waals surface area contributed by atoms with Crippen molar-refractivity contribution in [2.75, 3.05) is 6.61 Å². The average Bonchev–Trinajstić information content (AvgIpc) is 2.50. The Morgan fingerprint density at radius 2 is 2.27 bits per heavy atom. The van der Waals surface area contributed by atoms with Gasteiger partial charge in [0.15, 0.2) is 0 Å². The van der Waals surface area contributed by atoms with Crippen LogP contribution >= 0.6 is 0 Å². The van der Waals surface area contributed by atoms with Gasteiger partial charge >= 0.3 is 0 Å². The van der Waals surface area contributed by atoms with Crippen LogP contribution in [0.4, 0.5) is 0 Å². The molecule has 1 aliphatic heterocycles. The minimum atomic E-state index is 0.715. The summed E-state index contributed by atoms with van der Waals surface area (Å²) >= 11 is 0. The first-order valence-corrected chi connectivity index (χ1v) is 4.71. The standard InChI is InChI=1S/C10H18O/c1-2-3-4-5-6-10-7-8-11-9-10/h7-8,10H,2-6,9H2,1H3. The van der Waals surface area contributed by atoms with Gasteiger partial charge in [0.2, 0.25) is 0 Å². The number of hydrogen-bond acceptors (Lipinski definition) is 1. The van der Waals surface area contributed by atoms with Crippen LogP contribution in [0.5, 0.6) is 0 Å². The monoisotopic (exact) mass is 154 g/mol. The van der Waals surface area contributed by atoms with Crippen molar-refractivity contribution in [2.45, 2.75) is 39.0 Å². The first-order valence-electron chi connectivity index (χ1n) is 4.71. The summed E-state index contributed by atoms with van der Waals surface area (Å²) in [7, 11) is 0. The van der Waals surface area contributed by atoms with Crippen molar-refractivity contribution in [3.05, 3.63) is 12.3 Å². The fourth-order valence-electron chi connectivity index (χ4n) is 1.41. The highest BCUT2D eigenvalue weighted by Crippen LogP contribution is 2.16. The van der Waals surface area contributed by atoms with E-state index in [2.05, 4.69) is 13.0 Å². The Labute approximate surface area is 69.4 Å². The molecule has 1 nitrogen and oxygen atoms in total. The van der Waals surface area contributed by atoms with E-state index in [9.17, 15) is 0 Å². The zero-order valence-corrected chi connectivity index (χ0v) is 7.38. The third-order valence-corrected chi connectivity index (χ3v) is 2.19. The topological polar surface area (TPSA) is 9.23 Å². The molecule has 64 valence electrons. The van der Waals surface area contributed by atoms with Gasteiger partial charge < -0.3 is 4.74 Å². The summed E-state index contributed by atoms with van der Waals surface area (Å²) in [6.07, 6.45) is 10.8. The van der Waals surface area contributed by atoms with Gasteiger partial charge in [-0.2, -0.15) is 0 Å². The molecule has 0 bridgehead atoms. The van der Waals surface area contributed by atoms with Crippen LogP contribution in [0.2, 0.25) is 0 Å². The fourth-order valence-corrected chi connectivity index (χ4v) is 1.41. The van der Waals surface area contributed by atoms with E-state index in [1.165, 1.54) is 32.1 Å². The van der Waals surface area contributed by atoms with E-state index in [0.717, 1.165) is 6.61 Å². The molecule has 0 aromatic rings. The second-order valence-corrected chi connectivity index (χ2v) is 3.27. The van der Waals surface area contributed by atoms with Gasteiger partial charge in [0.1, 0.15) is 0 Å². The second kappa shape index (κ2) is 5.22. The SMILES string of the molecule is CCCCCCC1C=COC1. The van der Waals surface area contributed by atoms with Gasteiger partial charge in [-0.15, -0.1) is 0 Å². The summed E-state index contributed by atoms with van der Waals surface area (Å²) < 4.78 is 5.13. The van der Waals surface area contributed by atoms with Crippen molar-refractivity contribution in [3.8, 4) is 0 Å². The van der Waals surface area contributed by atoms with Gasteiger partial charge in [-0.3, -0.25) is 0 Å². The predicted octanol–water partition coefficient (Wildman–Crippen LogP) is 3.12. The van der Waals surface area contributed by atoms with Crippen molar-refractivity contribution >= 4 is 0 Å². The number of rotatable bonds is 5. The summed E-state index contributed by atoms with van der Waals surface area (Å²) in [5.74, 6) is 0.715. The largest absolute Gasteiger partial charge is 0.501 e. The summed E-state index contributed by atoms with van der Waals surface area (Å²) in [5, 5.41) is 0. The minimum Gasteiger partial charge on any atom is -0.501 e. The highest BCUT2D eigenvalue weighted by molar-refractivity contribution is 4.88. The van der Waals surface area contributed by atoms with Crippen molar-refractivity contribution < 1.29 is 4.74 Å². The first-order chi connectivity index (χ1) is 5.43. The Bertz CT molecular complexity index is 118. The van der Waals surface area contributed by atoms with Crippen LogP contribution < -0.4 is 0 Å². The lowest BCUT2D eigenvalue weighted by Crippen LogP contribution is -1.98. The highest BCUT2D eigenvalue weighted by atomic mass is 16.5. The molecule has 1 unspecified atom stereocenters. The smallest absolute Gasteiger partial charge is 0.0936 e. The molecule has 0 aliphatic carbocycles. The predicted molar refractivity (Wildman–Crippen MR) is 47.3 cm³/mol. The van der Waals surface area contributed by atoms with E-state index in [4.69, 9.17) is 4.74 Å². The van der Waals surface area contributed by atoms with Gasteiger partial charge in [0.25, 0.3) is 0 Å². The molecule has 11 heavy (non-hydrogen) atoms. The molecule has 0 saturated carbocycles. The van der Waals surface area contributed by atoms with Crippen molar-refractivity contribution in [2.24, 2.45) is 5.92 Å². The van der Waals surface area contributed by atoms with Crippen LogP contribution in [-0.4, -0.2) is 6.61 Å². The molecule has 0 aromatic heterocycles. The molecule has 0 N–H and O–H groups in total. The lowest BCUT2D eigenvalue weighted by atomic mass is 10.0. The number of unbranched alkanes of at least 4 members (excludes halogenated alkanes) is 3. The fraction of sp³-hybridized carbons (Fsp3) is 0.800. The van der Waals surface area contributed by atoms with Gasteiger partial charge in [-0.25, -0.2) is 0 Å². The van der Waals surface area contributed by atoms with Crippen LogP contribution in [0.25, 0.3) is 0 Å². The van der Waals surface area contributed by atoms with Crippen LogP contribution in [0.3, 0.4) is 0 Å². The van der Waals surface area contributed by atoms with Crippen molar-refractivity contribution in [1.29, 1.82) is 0 Å². The Morgan fingerprint density at radius 1 is 1.36 bits per heavy atom. The van der Waals surface area contributed by atoms with E-state index in [1.807, 2.05) is 6.26 Å². The molecular formula is C10H18O. The quantitative estimate of drug-likeness (QED) is 0.553. The molecule has 0 fully saturated rings. The molecule has 0 spiro atoms. The zero-order valence-electron chi connectivity index (χ0n) is 7.38. The zero-order chi connectivity index (χ0) is 7.94. The number of ether oxygens (including phenoxy) is 1. The Hall–Kier alpha value is -0.460. The molecule has 0 amide bonds.